The molecule has 1 aliphatic heterocycles. The van der Waals surface area contributed by atoms with Crippen molar-refractivity contribution in [2.45, 2.75) is 64.7 Å². The molecule has 2 nitrogen and oxygen atoms in total. The van der Waals surface area contributed by atoms with Gasteiger partial charge in [-0.15, -0.1) is 0 Å². The van der Waals surface area contributed by atoms with E-state index in [4.69, 9.17) is 0 Å². The van der Waals surface area contributed by atoms with Gasteiger partial charge < -0.3 is 10.2 Å². The molecule has 2 heteroatoms. The highest BCUT2D eigenvalue weighted by atomic mass is 15.2. The standard InChI is InChI=1S/C11H24N2/c1-8(2)13(5)11-6-9(3)12-10(4)7-11/h8-12H,6-7H2,1-5H3. The topological polar surface area (TPSA) is 15.3 Å². The Kier molecular flexibility index (Phi) is 3.74. The van der Waals surface area contributed by atoms with Crippen molar-refractivity contribution in [2.75, 3.05) is 7.05 Å². The molecular formula is C11H24N2. The van der Waals surface area contributed by atoms with Crippen molar-refractivity contribution in [2.24, 2.45) is 0 Å². The van der Waals surface area contributed by atoms with E-state index in [0.29, 0.717) is 18.1 Å². The number of hydrogen-bond acceptors (Lipinski definition) is 2. The molecule has 1 aliphatic rings. The number of hydrogen-bond donors (Lipinski definition) is 1. The number of nitrogens with zero attached hydrogens (tertiary/aromatic N) is 1. The van der Waals surface area contributed by atoms with Crippen molar-refractivity contribution in [1.82, 2.24) is 10.2 Å². The zero-order valence-corrected chi connectivity index (χ0v) is 9.67. The Morgan fingerprint density at radius 3 is 2.00 bits per heavy atom. The van der Waals surface area contributed by atoms with Gasteiger partial charge in [0.2, 0.25) is 0 Å². The lowest BCUT2D eigenvalue weighted by atomic mass is 9.93. The first-order valence-corrected chi connectivity index (χ1v) is 5.48. The van der Waals surface area contributed by atoms with E-state index in [0.717, 1.165) is 6.04 Å². The van der Waals surface area contributed by atoms with Gasteiger partial charge in [0.1, 0.15) is 0 Å². The lowest BCUT2D eigenvalue weighted by molar-refractivity contribution is 0.129. The zero-order chi connectivity index (χ0) is 10.0. The van der Waals surface area contributed by atoms with Gasteiger partial charge in [0, 0.05) is 24.2 Å². The molecular weight excluding hydrogens is 160 g/mol. The summed E-state index contributed by atoms with van der Waals surface area (Å²) >= 11 is 0. The van der Waals surface area contributed by atoms with Crippen LogP contribution in [0.3, 0.4) is 0 Å². The summed E-state index contributed by atoms with van der Waals surface area (Å²) in [6.45, 7) is 9.13. The average molecular weight is 184 g/mol. The van der Waals surface area contributed by atoms with E-state index < -0.39 is 0 Å². The van der Waals surface area contributed by atoms with Crippen LogP contribution in [0.15, 0.2) is 0 Å². The largest absolute Gasteiger partial charge is 0.312 e. The maximum Gasteiger partial charge on any atom is 0.0124 e. The van der Waals surface area contributed by atoms with Gasteiger partial charge in [-0.1, -0.05) is 0 Å². The Bertz CT molecular complexity index is 146. The third-order valence-corrected chi connectivity index (χ3v) is 3.21. The predicted molar refractivity (Wildman–Crippen MR) is 58.0 cm³/mol. The highest BCUT2D eigenvalue weighted by molar-refractivity contribution is 4.86. The molecule has 0 saturated carbocycles. The molecule has 78 valence electrons. The van der Waals surface area contributed by atoms with Crippen LogP contribution in [0, 0.1) is 0 Å². The van der Waals surface area contributed by atoms with E-state index in [1.807, 2.05) is 0 Å². The van der Waals surface area contributed by atoms with Crippen LogP contribution in [0.4, 0.5) is 0 Å². The second-order valence-corrected chi connectivity index (χ2v) is 4.85. The van der Waals surface area contributed by atoms with Crippen molar-refractivity contribution < 1.29 is 0 Å². The minimum absolute atomic E-state index is 0.669. The van der Waals surface area contributed by atoms with Crippen LogP contribution in [-0.2, 0) is 0 Å². The zero-order valence-electron chi connectivity index (χ0n) is 9.67. The molecule has 13 heavy (non-hydrogen) atoms. The van der Waals surface area contributed by atoms with Gasteiger partial charge in [-0.05, 0) is 47.6 Å². The number of piperidine rings is 1. The summed E-state index contributed by atoms with van der Waals surface area (Å²) in [6, 6.07) is 2.79. The van der Waals surface area contributed by atoms with E-state index in [2.05, 4.69) is 45.0 Å². The Labute approximate surface area is 82.7 Å². The first kappa shape index (κ1) is 11.0. The smallest absolute Gasteiger partial charge is 0.0124 e. The first-order chi connectivity index (χ1) is 6.00. The summed E-state index contributed by atoms with van der Waals surface area (Å²) < 4.78 is 0. The summed E-state index contributed by atoms with van der Waals surface area (Å²) in [4.78, 5) is 2.51. The van der Waals surface area contributed by atoms with Crippen molar-refractivity contribution in [1.29, 1.82) is 0 Å². The van der Waals surface area contributed by atoms with Crippen LogP contribution in [0.25, 0.3) is 0 Å². The van der Waals surface area contributed by atoms with E-state index in [1.165, 1.54) is 12.8 Å². The van der Waals surface area contributed by atoms with Crippen molar-refractivity contribution >= 4 is 0 Å². The molecule has 0 bridgehead atoms. The minimum Gasteiger partial charge on any atom is -0.312 e. The molecule has 0 spiro atoms. The third-order valence-electron chi connectivity index (χ3n) is 3.21. The molecule has 2 atom stereocenters. The van der Waals surface area contributed by atoms with Gasteiger partial charge in [0.15, 0.2) is 0 Å². The lowest BCUT2D eigenvalue weighted by Crippen LogP contribution is -2.51. The van der Waals surface area contributed by atoms with Gasteiger partial charge >= 0.3 is 0 Å². The quantitative estimate of drug-likeness (QED) is 0.704. The number of rotatable bonds is 2. The molecule has 2 unspecified atom stereocenters. The summed E-state index contributed by atoms with van der Waals surface area (Å²) in [5, 5.41) is 3.58. The molecule has 1 N–H and O–H groups in total. The Balaban J connectivity index is 2.49. The van der Waals surface area contributed by atoms with Gasteiger partial charge in [0.25, 0.3) is 0 Å². The van der Waals surface area contributed by atoms with Crippen LogP contribution in [0.5, 0.6) is 0 Å². The Morgan fingerprint density at radius 2 is 1.62 bits per heavy atom. The van der Waals surface area contributed by atoms with E-state index >= 15 is 0 Å². The normalized spacial score (nSPS) is 35.8. The monoisotopic (exact) mass is 184 g/mol. The highest BCUT2D eigenvalue weighted by Crippen LogP contribution is 2.19. The molecule has 0 amide bonds. The van der Waals surface area contributed by atoms with Gasteiger partial charge in [-0.25, -0.2) is 0 Å². The Hall–Kier alpha value is -0.0800. The molecule has 1 heterocycles. The summed E-state index contributed by atoms with van der Waals surface area (Å²) in [7, 11) is 2.25. The molecule has 0 radical (unpaired) electrons. The second-order valence-electron chi connectivity index (χ2n) is 4.85. The van der Waals surface area contributed by atoms with Gasteiger partial charge in [0.05, 0.1) is 0 Å². The summed E-state index contributed by atoms with van der Waals surface area (Å²) in [5.41, 5.74) is 0. The maximum absolute atomic E-state index is 3.58. The average Bonchev–Trinajstić information content (AvgIpc) is 2.01. The van der Waals surface area contributed by atoms with Crippen LogP contribution in [-0.4, -0.2) is 36.1 Å². The SMILES string of the molecule is CC1CC(N(C)C(C)C)CC(C)N1. The molecule has 1 fully saturated rings. The third kappa shape index (κ3) is 2.96. The van der Waals surface area contributed by atoms with Gasteiger partial charge in [-0.3, -0.25) is 0 Å². The van der Waals surface area contributed by atoms with Crippen molar-refractivity contribution in [3.05, 3.63) is 0 Å². The van der Waals surface area contributed by atoms with Gasteiger partial charge in [-0.2, -0.15) is 0 Å². The summed E-state index contributed by atoms with van der Waals surface area (Å²) in [5.74, 6) is 0. The van der Waals surface area contributed by atoms with E-state index in [9.17, 15) is 0 Å². The molecule has 0 aromatic carbocycles. The van der Waals surface area contributed by atoms with Crippen LogP contribution < -0.4 is 5.32 Å². The molecule has 1 saturated heterocycles. The number of nitrogens with one attached hydrogen (secondary N) is 1. The van der Waals surface area contributed by atoms with Crippen LogP contribution in [0.1, 0.15) is 40.5 Å². The van der Waals surface area contributed by atoms with Crippen LogP contribution >= 0.6 is 0 Å². The fourth-order valence-corrected chi connectivity index (χ4v) is 2.29. The molecule has 1 rings (SSSR count). The van der Waals surface area contributed by atoms with E-state index in [-0.39, 0.29) is 0 Å². The fraction of sp³-hybridized carbons (Fsp3) is 1.00. The molecule has 0 aromatic rings. The van der Waals surface area contributed by atoms with Crippen molar-refractivity contribution in [3.63, 3.8) is 0 Å². The second kappa shape index (κ2) is 4.43. The molecule has 0 aromatic heterocycles. The molecule has 0 aliphatic carbocycles. The highest BCUT2D eigenvalue weighted by Gasteiger charge is 2.26. The van der Waals surface area contributed by atoms with E-state index in [1.54, 1.807) is 0 Å². The van der Waals surface area contributed by atoms with Crippen molar-refractivity contribution in [3.8, 4) is 0 Å². The summed E-state index contributed by atoms with van der Waals surface area (Å²) in [6.07, 6.45) is 2.58. The predicted octanol–water partition coefficient (Wildman–Crippen LogP) is 1.86. The Morgan fingerprint density at radius 1 is 1.15 bits per heavy atom. The lowest BCUT2D eigenvalue weighted by Gasteiger charge is -2.40. The fourth-order valence-electron chi connectivity index (χ4n) is 2.29. The maximum atomic E-state index is 3.58. The first-order valence-electron chi connectivity index (χ1n) is 5.48. The minimum atomic E-state index is 0.669. The van der Waals surface area contributed by atoms with Crippen LogP contribution in [0.2, 0.25) is 0 Å².